The number of ketones is 1. The van der Waals surface area contributed by atoms with E-state index in [4.69, 9.17) is 9.47 Å². The molecule has 1 aromatic heterocycles. The van der Waals surface area contributed by atoms with Crippen LogP contribution in [0.4, 0.5) is 0 Å². The SMILES string of the molecule is CC(S)C(=O)COCCOc1ccc(-c2ccncc2)cc1. The second kappa shape index (κ2) is 8.56. The summed E-state index contributed by atoms with van der Waals surface area (Å²) < 4.78 is 10.8. The van der Waals surface area contributed by atoms with Crippen molar-refractivity contribution < 1.29 is 14.3 Å². The Balaban J connectivity index is 1.74. The molecule has 0 aliphatic carbocycles. The predicted octanol–water partition coefficient (Wildman–Crippen LogP) is 3.03. The number of aromatic nitrogens is 1. The van der Waals surface area contributed by atoms with Crippen molar-refractivity contribution in [3.63, 3.8) is 0 Å². The van der Waals surface area contributed by atoms with Gasteiger partial charge in [0.15, 0.2) is 5.78 Å². The minimum absolute atomic E-state index is 0.0231. The molecule has 2 rings (SSSR count). The van der Waals surface area contributed by atoms with Gasteiger partial charge in [0.2, 0.25) is 0 Å². The largest absolute Gasteiger partial charge is 0.491 e. The zero-order valence-electron chi connectivity index (χ0n) is 12.4. The van der Waals surface area contributed by atoms with Gasteiger partial charge in [0, 0.05) is 12.4 Å². The van der Waals surface area contributed by atoms with Gasteiger partial charge in [-0.25, -0.2) is 0 Å². The summed E-state index contributed by atoms with van der Waals surface area (Å²) in [5.41, 5.74) is 2.23. The van der Waals surface area contributed by atoms with Gasteiger partial charge in [0.05, 0.1) is 11.9 Å². The molecule has 4 nitrogen and oxygen atoms in total. The van der Waals surface area contributed by atoms with E-state index < -0.39 is 0 Å². The average molecular weight is 317 g/mol. The van der Waals surface area contributed by atoms with Crippen LogP contribution in [0, 0.1) is 0 Å². The molecule has 0 aliphatic heterocycles. The highest BCUT2D eigenvalue weighted by Gasteiger charge is 2.07. The van der Waals surface area contributed by atoms with Crippen LogP contribution in [-0.2, 0) is 9.53 Å². The lowest BCUT2D eigenvalue weighted by atomic mass is 10.1. The molecule has 0 radical (unpaired) electrons. The number of benzene rings is 1. The van der Waals surface area contributed by atoms with E-state index in [9.17, 15) is 4.79 Å². The van der Waals surface area contributed by atoms with E-state index in [0.717, 1.165) is 16.9 Å². The highest BCUT2D eigenvalue weighted by Crippen LogP contribution is 2.21. The van der Waals surface area contributed by atoms with Gasteiger partial charge in [0.1, 0.15) is 19.0 Å². The number of rotatable bonds is 8. The molecule has 0 saturated carbocycles. The van der Waals surface area contributed by atoms with E-state index in [1.165, 1.54) is 0 Å². The number of ether oxygens (including phenoxy) is 2. The van der Waals surface area contributed by atoms with Gasteiger partial charge in [-0.2, -0.15) is 12.6 Å². The van der Waals surface area contributed by atoms with Crippen LogP contribution in [-0.4, -0.2) is 35.8 Å². The van der Waals surface area contributed by atoms with E-state index in [2.05, 4.69) is 17.6 Å². The Bertz CT molecular complexity index is 585. The van der Waals surface area contributed by atoms with Crippen LogP contribution >= 0.6 is 12.6 Å². The van der Waals surface area contributed by atoms with Crippen LogP contribution in [0.3, 0.4) is 0 Å². The van der Waals surface area contributed by atoms with E-state index in [0.29, 0.717) is 13.2 Å². The maximum atomic E-state index is 11.3. The lowest BCUT2D eigenvalue weighted by Gasteiger charge is -2.08. The molecule has 1 heterocycles. The molecule has 0 bridgehead atoms. The van der Waals surface area contributed by atoms with Gasteiger partial charge in [-0.3, -0.25) is 9.78 Å². The van der Waals surface area contributed by atoms with Crippen LogP contribution in [0.1, 0.15) is 6.92 Å². The molecular weight excluding hydrogens is 298 g/mol. The Hall–Kier alpha value is -1.85. The zero-order valence-corrected chi connectivity index (χ0v) is 13.3. The molecule has 0 amide bonds. The van der Waals surface area contributed by atoms with Gasteiger partial charge in [0.25, 0.3) is 0 Å². The standard InChI is InChI=1S/C17H19NO3S/c1-13(22)17(19)12-20-10-11-21-16-4-2-14(3-5-16)15-6-8-18-9-7-15/h2-9,13,22H,10-12H2,1H3. The lowest BCUT2D eigenvalue weighted by molar-refractivity contribution is -0.122. The maximum absolute atomic E-state index is 11.3. The molecule has 0 N–H and O–H groups in total. The summed E-state index contributed by atoms with van der Waals surface area (Å²) in [5, 5.41) is -0.290. The topological polar surface area (TPSA) is 48.4 Å². The normalized spacial score (nSPS) is 11.9. The minimum atomic E-state index is -0.290. The number of Topliss-reactive ketones (excluding diaryl/α,β-unsaturated/α-hetero) is 1. The molecule has 1 unspecified atom stereocenters. The number of carbonyl (C=O) groups is 1. The predicted molar refractivity (Wildman–Crippen MR) is 89.4 cm³/mol. The first kappa shape index (κ1) is 16.5. The average Bonchev–Trinajstić information content (AvgIpc) is 2.55. The van der Waals surface area contributed by atoms with E-state index >= 15 is 0 Å². The molecule has 5 heteroatoms. The summed E-state index contributed by atoms with van der Waals surface area (Å²) in [6.07, 6.45) is 3.54. The summed E-state index contributed by atoms with van der Waals surface area (Å²) in [4.78, 5) is 15.3. The third-order valence-corrected chi connectivity index (χ3v) is 3.36. The number of hydrogen-bond donors (Lipinski definition) is 1. The molecule has 116 valence electrons. The molecule has 0 spiro atoms. The summed E-state index contributed by atoms with van der Waals surface area (Å²) in [6, 6.07) is 11.7. The first-order chi connectivity index (χ1) is 10.7. The van der Waals surface area contributed by atoms with Crippen molar-refractivity contribution in [3.8, 4) is 16.9 Å². The van der Waals surface area contributed by atoms with Crippen LogP contribution in [0.15, 0.2) is 48.8 Å². The number of carbonyl (C=O) groups excluding carboxylic acids is 1. The Morgan fingerprint density at radius 2 is 1.73 bits per heavy atom. The number of hydrogen-bond acceptors (Lipinski definition) is 5. The van der Waals surface area contributed by atoms with Crippen molar-refractivity contribution in [1.82, 2.24) is 4.98 Å². The summed E-state index contributed by atoms with van der Waals surface area (Å²) >= 11 is 4.05. The van der Waals surface area contributed by atoms with Gasteiger partial charge >= 0.3 is 0 Å². The summed E-state index contributed by atoms with van der Waals surface area (Å²) in [6.45, 7) is 2.59. The first-order valence-electron chi connectivity index (χ1n) is 7.08. The van der Waals surface area contributed by atoms with Crippen molar-refractivity contribution >= 4 is 18.4 Å². The second-order valence-corrected chi connectivity index (χ2v) is 5.58. The Morgan fingerprint density at radius 1 is 1.09 bits per heavy atom. The van der Waals surface area contributed by atoms with Gasteiger partial charge in [-0.15, -0.1) is 0 Å². The monoisotopic (exact) mass is 317 g/mol. The molecule has 1 atom stereocenters. The number of pyridine rings is 1. The van der Waals surface area contributed by atoms with Crippen LogP contribution in [0.25, 0.3) is 11.1 Å². The molecule has 0 aliphatic rings. The summed E-state index contributed by atoms with van der Waals surface area (Å²) in [7, 11) is 0. The van der Waals surface area contributed by atoms with Gasteiger partial charge in [-0.05, 0) is 42.3 Å². The van der Waals surface area contributed by atoms with E-state index in [1.54, 1.807) is 19.3 Å². The molecule has 0 saturated heterocycles. The Morgan fingerprint density at radius 3 is 2.36 bits per heavy atom. The smallest absolute Gasteiger partial charge is 0.170 e. The second-order valence-electron chi connectivity index (χ2n) is 4.80. The number of thiol groups is 1. The molecular formula is C17H19NO3S. The van der Waals surface area contributed by atoms with Crippen molar-refractivity contribution in [2.75, 3.05) is 19.8 Å². The molecule has 0 fully saturated rings. The zero-order chi connectivity index (χ0) is 15.8. The van der Waals surface area contributed by atoms with E-state index in [1.807, 2.05) is 36.4 Å². The fourth-order valence-corrected chi connectivity index (χ4v) is 1.87. The number of nitrogens with zero attached hydrogens (tertiary/aromatic N) is 1. The van der Waals surface area contributed by atoms with Crippen molar-refractivity contribution in [2.45, 2.75) is 12.2 Å². The van der Waals surface area contributed by atoms with Crippen LogP contribution < -0.4 is 4.74 Å². The Labute approximate surface area is 135 Å². The third-order valence-electron chi connectivity index (χ3n) is 3.07. The van der Waals surface area contributed by atoms with Crippen LogP contribution in [0.5, 0.6) is 5.75 Å². The first-order valence-corrected chi connectivity index (χ1v) is 7.60. The summed E-state index contributed by atoms with van der Waals surface area (Å²) in [5.74, 6) is 0.750. The fourth-order valence-electron chi connectivity index (χ4n) is 1.80. The quantitative estimate of drug-likeness (QED) is 0.600. The van der Waals surface area contributed by atoms with E-state index in [-0.39, 0.29) is 17.6 Å². The van der Waals surface area contributed by atoms with Crippen LogP contribution in [0.2, 0.25) is 0 Å². The highest BCUT2D eigenvalue weighted by molar-refractivity contribution is 7.81. The lowest BCUT2D eigenvalue weighted by Crippen LogP contribution is -2.19. The van der Waals surface area contributed by atoms with Gasteiger partial charge in [-0.1, -0.05) is 12.1 Å². The van der Waals surface area contributed by atoms with Gasteiger partial charge < -0.3 is 9.47 Å². The maximum Gasteiger partial charge on any atom is 0.170 e. The highest BCUT2D eigenvalue weighted by atomic mass is 32.1. The molecule has 2 aromatic rings. The minimum Gasteiger partial charge on any atom is -0.491 e. The van der Waals surface area contributed by atoms with Crippen molar-refractivity contribution in [1.29, 1.82) is 0 Å². The third kappa shape index (κ3) is 5.16. The fraction of sp³-hybridized carbons (Fsp3) is 0.294. The van der Waals surface area contributed by atoms with Crippen molar-refractivity contribution in [2.24, 2.45) is 0 Å². The molecule has 22 heavy (non-hydrogen) atoms. The Kier molecular flexibility index (Phi) is 6.43. The van der Waals surface area contributed by atoms with Crippen molar-refractivity contribution in [3.05, 3.63) is 48.8 Å². The molecule has 1 aromatic carbocycles.